The Hall–Kier alpha value is -1.07. The van der Waals surface area contributed by atoms with Crippen LogP contribution in [-0.2, 0) is 14.6 Å². The quantitative estimate of drug-likeness (QED) is 0.906. The molecule has 4 nitrogen and oxygen atoms in total. The maximum Gasteiger partial charge on any atom is 0.310 e. The summed E-state index contributed by atoms with van der Waals surface area (Å²) in [7, 11) is -3.39. The number of benzene rings is 1. The van der Waals surface area contributed by atoms with Gasteiger partial charge < -0.3 is 5.11 Å². The summed E-state index contributed by atoms with van der Waals surface area (Å²) >= 11 is 5.98. The summed E-state index contributed by atoms with van der Waals surface area (Å²) in [5.74, 6) is -1.06. The van der Waals surface area contributed by atoms with Crippen LogP contribution in [0.1, 0.15) is 37.2 Å². The van der Waals surface area contributed by atoms with Gasteiger partial charge in [0.25, 0.3) is 0 Å². The van der Waals surface area contributed by atoms with Gasteiger partial charge in [-0.15, -0.1) is 0 Å². The molecule has 20 heavy (non-hydrogen) atoms. The number of hydrogen-bond acceptors (Lipinski definition) is 3. The van der Waals surface area contributed by atoms with Crippen molar-refractivity contribution in [1.82, 2.24) is 0 Å². The van der Waals surface area contributed by atoms with E-state index in [1.54, 1.807) is 6.07 Å². The number of carboxylic acids is 1. The summed E-state index contributed by atoms with van der Waals surface area (Å²) in [6, 6.07) is 4.42. The van der Waals surface area contributed by atoms with Crippen molar-refractivity contribution in [2.75, 3.05) is 6.26 Å². The molecular weight excluding hydrogens is 300 g/mol. The summed E-state index contributed by atoms with van der Waals surface area (Å²) in [5, 5.41) is 9.44. The molecule has 110 valence electrons. The van der Waals surface area contributed by atoms with Gasteiger partial charge in [0.05, 0.1) is 15.8 Å². The molecule has 6 heteroatoms. The number of carboxylic acid groups (broad SMARTS) is 1. The number of sulfone groups is 1. The minimum absolute atomic E-state index is 0.0377. The Labute approximate surface area is 123 Å². The Balaban J connectivity index is 2.29. The van der Waals surface area contributed by atoms with Crippen LogP contribution in [0.5, 0.6) is 0 Å². The minimum Gasteiger partial charge on any atom is -0.481 e. The first-order valence-electron chi connectivity index (χ1n) is 6.51. The molecule has 1 unspecified atom stereocenters. The van der Waals surface area contributed by atoms with E-state index in [-0.39, 0.29) is 9.92 Å². The van der Waals surface area contributed by atoms with Gasteiger partial charge in [0.15, 0.2) is 9.84 Å². The second-order valence-electron chi connectivity index (χ2n) is 5.39. The van der Waals surface area contributed by atoms with Crippen LogP contribution in [0.15, 0.2) is 23.1 Å². The molecule has 1 atom stereocenters. The van der Waals surface area contributed by atoms with Crippen molar-refractivity contribution >= 4 is 27.4 Å². The lowest BCUT2D eigenvalue weighted by Crippen LogP contribution is -2.20. The van der Waals surface area contributed by atoms with E-state index in [0.29, 0.717) is 17.9 Å². The van der Waals surface area contributed by atoms with Gasteiger partial charge >= 0.3 is 5.97 Å². The third-order valence-corrected chi connectivity index (χ3v) is 5.43. The summed E-state index contributed by atoms with van der Waals surface area (Å²) in [5.41, 5.74) is 0.571. The average molecular weight is 317 g/mol. The first-order chi connectivity index (χ1) is 9.29. The SMILES string of the molecule is CS(=O)(=O)c1ccc(C(CC2CCC2)C(=O)O)cc1Cl. The van der Waals surface area contributed by atoms with Crippen LogP contribution in [0.25, 0.3) is 0 Å². The molecule has 0 bridgehead atoms. The molecule has 1 saturated carbocycles. The molecule has 0 aliphatic heterocycles. The van der Waals surface area contributed by atoms with Gasteiger partial charge in [-0.3, -0.25) is 4.79 Å². The number of hydrogen-bond donors (Lipinski definition) is 1. The van der Waals surface area contributed by atoms with Crippen molar-refractivity contribution in [3.8, 4) is 0 Å². The molecule has 1 aromatic rings. The molecule has 1 fully saturated rings. The Morgan fingerprint density at radius 3 is 2.50 bits per heavy atom. The fraction of sp³-hybridized carbons (Fsp3) is 0.500. The highest BCUT2D eigenvalue weighted by Gasteiger charge is 2.28. The predicted octanol–water partition coefficient (Wildman–Crippen LogP) is 3.10. The largest absolute Gasteiger partial charge is 0.481 e. The molecule has 1 aliphatic carbocycles. The minimum atomic E-state index is -3.39. The molecule has 0 saturated heterocycles. The fourth-order valence-electron chi connectivity index (χ4n) is 2.48. The Morgan fingerprint density at radius 2 is 2.10 bits per heavy atom. The maximum atomic E-state index is 11.5. The molecule has 0 radical (unpaired) electrons. The van der Waals surface area contributed by atoms with E-state index < -0.39 is 21.7 Å². The highest BCUT2D eigenvalue weighted by molar-refractivity contribution is 7.90. The summed E-state index contributed by atoms with van der Waals surface area (Å²) in [6.07, 6.45) is 4.96. The van der Waals surface area contributed by atoms with Gasteiger partial charge in [0.1, 0.15) is 0 Å². The van der Waals surface area contributed by atoms with Crippen molar-refractivity contribution in [3.63, 3.8) is 0 Å². The third-order valence-electron chi connectivity index (χ3n) is 3.85. The Morgan fingerprint density at radius 1 is 1.45 bits per heavy atom. The van der Waals surface area contributed by atoms with Crippen LogP contribution in [0.4, 0.5) is 0 Å². The lowest BCUT2D eigenvalue weighted by Gasteiger charge is -2.28. The highest BCUT2D eigenvalue weighted by Crippen LogP contribution is 2.37. The van der Waals surface area contributed by atoms with E-state index in [4.69, 9.17) is 11.6 Å². The monoisotopic (exact) mass is 316 g/mol. The summed E-state index contributed by atoms with van der Waals surface area (Å²) < 4.78 is 23.0. The first-order valence-corrected chi connectivity index (χ1v) is 8.78. The van der Waals surface area contributed by atoms with Gasteiger partial charge in [0.2, 0.25) is 0 Å². The normalized spacial score (nSPS) is 17.5. The van der Waals surface area contributed by atoms with Crippen LogP contribution in [0.2, 0.25) is 5.02 Å². The zero-order chi connectivity index (χ0) is 14.9. The van der Waals surface area contributed by atoms with Crippen LogP contribution < -0.4 is 0 Å². The molecule has 0 spiro atoms. The number of carbonyl (C=O) groups is 1. The van der Waals surface area contributed by atoms with E-state index in [9.17, 15) is 18.3 Å². The average Bonchev–Trinajstić information content (AvgIpc) is 2.24. The van der Waals surface area contributed by atoms with Crippen molar-refractivity contribution in [1.29, 1.82) is 0 Å². The van der Waals surface area contributed by atoms with Crippen LogP contribution >= 0.6 is 11.6 Å². The van der Waals surface area contributed by atoms with Crippen LogP contribution in [-0.4, -0.2) is 25.7 Å². The molecule has 1 aliphatic rings. The van der Waals surface area contributed by atoms with Gasteiger partial charge in [-0.25, -0.2) is 8.42 Å². The Bertz CT molecular complexity index is 620. The zero-order valence-electron chi connectivity index (χ0n) is 11.2. The summed E-state index contributed by atoms with van der Waals surface area (Å²) in [6.45, 7) is 0. The highest BCUT2D eigenvalue weighted by atomic mass is 35.5. The first kappa shape index (κ1) is 15.3. The molecule has 0 heterocycles. The van der Waals surface area contributed by atoms with E-state index in [0.717, 1.165) is 25.5 Å². The van der Waals surface area contributed by atoms with Crippen molar-refractivity contribution in [3.05, 3.63) is 28.8 Å². The summed E-state index contributed by atoms with van der Waals surface area (Å²) in [4.78, 5) is 11.4. The van der Waals surface area contributed by atoms with Gasteiger partial charge in [0, 0.05) is 6.26 Å². The Kier molecular flexibility index (Phi) is 4.39. The van der Waals surface area contributed by atoms with Crippen LogP contribution in [0.3, 0.4) is 0 Å². The van der Waals surface area contributed by atoms with Gasteiger partial charge in [-0.2, -0.15) is 0 Å². The zero-order valence-corrected chi connectivity index (χ0v) is 12.7. The second kappa shape index (κ2) is 5.74. The van der Waals surface area contributed by atoms with Gasteiger partial charge in [-0.05, 0) is 30.0 Å². The lowest BCUT2D eigenvalue weighted by molar-refractivity contribution is -0.139. The van der Waals surface area contributed by atoms with Gasteiger partial charge in [-0.1, -0.05) is 36.9 Å². The predicted molar refractivity (Wildman–Crippen MR) is 76.9 cm³/mol. The van der Waals surface area contributed by atoms with Crippen LogP contribution in [0, 0.1) is 5.92 Å². The standard InChI is InChI=1S/C14H17ClO4S/c1-20(18,19)13-6-5-10(8-12(13)15)11(14(16)17)7-9-3-2-4-9/h5-6,8-9,11H,2-4,7H2,1H3,(H,16,17). The van der Waals surface area contributed by atoms with Crippen molar-refractivity contribution < 1.29 is 18.3 Å². The molecule has 0 aromatic heterocycles. The van der Waals surface area contributed by atoms with E-state index >= 15 is 0 Å². The van der Waals surface area contributed by atoms with Crippen molar-refractivity contribution in [2.45, 2.75) is 36.5 Å². The topological polar surface area (TPSA) is 71.4 Å². The molecule has 0 amide bonds. The molecule has 2 rings (SSSR count). The van der Waals surface area contributed by atoms with E-state index in [1.807, 2.05) is 0 Å². The fourth-order valence-corrected chi connectivity index (χ4v) is 3.81. The van der Waals surface area contributed by atoms with E-state index in [1.165, 1.54) is 12.1 Å². The third kappa shape index (κ3) is 3.33. The lowest BCUT2D eigenvalue weighted by atomic mass is 9.77. The number of rotatable bonds is 5. The van der Waals surface area contributed by atoms with Crippen molar-refractivity contribution in [2.24, 2.45) is 5.92 Å². The molecular formula is C14H17ClO4S. The van der Waals surface area contributed by atoms with E-state index in [2.05, 4.69) is 0 Å². The smallest absolute Gasteiger partial charge is 0.310 e. The molecule has 1 aromatic carbocycles. The molecule has 1 N–H and O–H groups in total. The number of halogens is 1. The second-order valence-corrected chi connectivity index (χ2v) is 7.78. The number of aliphatic carboxylic acids is 1. The maximum absolute atomic E-state index is 11.5.